The van der Waals surface area contributed by atoms with Gasteiger partial charge in [0.25, 0.3) is 5.91 Å². The van der Waals surface area contributed by atoms with Gasteiger partial charge in [-0.05, 0) is 60.5 Å². The maximum Gasteiger partial charge on any atom is 0.266 e. The van der Waals surface area contributed by atoms with Crippen LogP contribution in [0, 0.1) is 17.2 Å². The summed E-state index contributed by atoms with van der Waals surface area (Å²) < 4.78 is 5.62. The molecule has 0 aliphatic carbocycles. The van der Waals surface area contributed by atoms with E-state index in [2.05, 4.69) is 6.07 Å². The molecule has 2 fully saturated rings. The molecular weight excluding hydrogens is 430 g/mol. The van der Waals surface area contributed by atoms with Gasteiger partial charge in [0.2, 0.25) is 5.91 Å². The van der Waals surface area contributed by atoms with Gasteiger partial charge in [0.1, 0.15) is 11.7 Å². The van der Waals surface area contributed by atoms with Gasteiger partial charge in [-0.1, -0.05) is 37.3 Å². The third kappa shape index (κ3) is 3.68. The molecule has 5 rings (SSSR count). The van der Waals surface area contributed by atoms with Crippen LogP contribution in [0.2, 0.25) is 0 Å². The van der Waals surface area contributed by atoms with Crippen molar-refractivity contribution in [2.45, 2.75) is 25.5 Å². The number of nitriles is 1. The summed E-state index contributed by atoms with van der Waals surface area (Å²) in [5.41, 5.74) is 2.55. The Morgan fingerprint density at radius 3 is 2.26 bits per heavy atom. The summed E-state index contributed by atoms with van der Waals surface area (Å²) in [5, 5.41) is 10.8. The Kier molecular flexibility index (Phi) is 5.74. The van der Waals surface area contributed by atoms with Crippen molar-refractivity contribution < 1.29 is 19.2 Å². The van der Waals surface area contributed by atoms with Gasteiger partial charge in [0, 0.05) is 0 Å². The Hall–Kier alpha value is -4.15. The number of carbonyl (C=O) groups excluding carboxylic acids is 2. The summed E-state index contributed by atoms with van der Waals surface area (Å²) in [6.45, 7) is 2.62. The second kappa shape index (κ2) is 9.00. The molecule has 3 atom stereocenters. The average molecular weight is 453 g/mol. The van der Waals surface area contributed by atoms with Gasteiger partial charge < -0.3 is 4.74 Å². The summed E-state index contributed by atoms with van der Waals surface area (Å²) in [6.07, 6.45) is -0.0513. The Labute approximate surface area is 197 Å². The molecule has 0 N–H and O–H groups in total. The molecule has 2 aliphatic heterocycles. The van der Waals surface area contributed by atoms with Crippen LogP contribution in [-0.2, 0) is 14.4 Å². The predicted octanol–water partition coefficient (Wildman–Crippen LogP) is 4.40. The highest BCUT2D eigenvalue weighted by Crippen LogP contribution is 2.47. The number of rotatable bonds is 6. The summed E-state index contributed by atoms with van der Waals surface area (Å²) >= 11 is 0. The van der Waals surface area contributed by atoms with E-state index < -0.39 is 24.0 Å². The third-order valence-corrected chi connectivity index (χ3v) is 6.08. The van der Waals surface area contributed by atoms with Crippen molar-refractivity contribution in [2.24, 2.45) is 5.92 Å². The van der Waals surface area contributed by atoms with Gasteiger partial charge in [0.15, 0.2) is 6.10 Å². The van der Waals surface area contributed by atoms with E-state index in [4.69, 9.17) is 9.57 Å². The van der Waals surface area contributed by atoms with Crippen molar-refractivity contribution >= 4 is 23.2 Å². The first-order chi connectivity index (χ1) is 16.6. The van der Waals surface area contributed by atoms with Crippen molar-refractivity contribution in [1.82, 2.24) is 0 Å². The molecule has 0 saturated carbocycles. The van der Waals surface area contributed by atoms with Crippen LogP contribution in [0.15, 0.2) is 78.9 Å². The molecule has 170 valence electrons. The van der Waals surface area contributed by atoms with E-state index in [-0.39, 0.29) is 5.91 Å². The van der Waals surface area contributed by atoms with Crippen molar-refractivity contribution in [3.05, 3.63) is 90.0 Å². The lowest BCUT2D eigenvalue weighted by atomic mass is 9.90. The summed E-state index contributed by atoms with van der Waals surface area (Å²) in [6, 6.07) is 25.0. The van der Waals surface area contributed by atoms with Crippen molar-refractivity contribution in [1.29, 1.82) is 5.26 Å². The highest BCUT2D eigenvalue weighted by molar-refractivity contribution is 6.23. The van der Waals surface area contributed by atoms with E-state index in [9.17, 15) is 14.9 Å². The Balaban J connectivity index is 1.50. The lowest BCUT2D eigenvalue weighted by Gasteiger charge is -2.28. The number of hydrogen-bond acceptors (Lipinski definition) is 6. The monoisotopic (exact) mass is 453 g/mol. The SMILES string of the molecule is CCCOc1ccc(N2C(=O)[C@@H]3[C@H](ON(c4ccccc4)[C@H]3c3ccc(C#N)cc3)C2=O)cc1. The van der Waals surface area contributed by atoms with Crippen LogP contribution in [0.25, 0.3) is 0 Å². The zero-order valence-corrected chi connectivity index (χ0v) is 18.6. The Bertz CT molecular complexity index is 1240. The normalized spacial score (nSPS) is 21.5. The minimum absolute atomic E-state index is 0.315. The van der Waals surface area contributed by atoms with Gasteiger partial charge >= 0.3 is 0 Å². The lowest BCUT2D eigenvalue weighted by molar-refractivity contribution is -0.126. The molecule has 2 amide bonds. The number of fused-ring (bicyclic) bond motifs is 1. The molecule has 0 spiro atoms. The van der Waals surface area contributed by atoms with Gasteiger partial charge in [0.05, 0.1) is 35.7 Å². The number of ether oxygens (including phenoxy) is 1. The summed E-state index contributed by atoms with van der Waals surface area (Å²) in [4.78, 5) is 34.4. The van der Waals surface area contributed by atoms with Crippen molar-refractivity contribution in [3.8, 4) is 11.8 Å². The van der Waals surface area contributed by atoms with E-state index in [0.29, 0.717) is 23.6 Å². The molecule has 7 nitrogen and oxygen atoms in total. The number of para-hydroxylation sites is 1. The third-order valence-electron chi connectivity index (χ3n) is 6.08. The second-order valence-corrected chi connectivity index (χ2v) is 8.25. The number of anilines is 2. The van der Waals surface area contributed by atoms with Crippen LogP contribution >= 0.6 is 0 Å². The molecule has 3 aromatic rings. The van der Waals surface area contributed by atoms with Crippen LogP contribution in [0.4, 0.5) is 11.4 Å². The number of hydrogen-bond donors (Lipinski definition) is 0. The maximum absolute atomic E-state index is 13.7. The van der Waals surface area contributed by atoms with Crippen LogP contribution in [0.1, 0.15) is 30.5 Å². The minimum atomic E-state index is -0.940. The molecule has 7 heteroatoms. The number of hydroxylamine groups is 1. The number of carbonyl (C=O) groups is 2. The molecule has 0 unspecified atom stereocenters. The van der Waals surface area contributed by atoms with Gasteiger partial charge in [-0.25, -0.2) is 9.96 Å². The number of nitrogens with zero attached hydrogens (tertiary/aromatic N) is 3. The zero-order valence-electron chi connectivity index (χ0n) is 18.6. The highest BCUT2D eigenvalue weighted by atomic mass is 16.7. The maximum atomic E-state index is 13.7. The topological polar surface area (TPSA) is 82.9 Å². The Morgan fingerprint density at radius 1 is 0.912 bits per heavy atom. The van der Waals surface area contributed by atoms with Crippen LogP contribution in [0.5, 0.6) is 5.75 Å². The van der Waals surface area contributed by atoms with E-state index in [1.807, 2.05) is 49.4 Å². The molecular formula is C27H23N3O4. The van der Waals surface area contributed by atoms with Crippen LogP contribution < -0.4 is 14.7 Å². The molecule has 34 heavy (non-hydrogen) atoms. The molecule has 0 bridgehead atoms. The number of imide groups is 1. The quantitative estimate of drug-likeness (QED) is 0.515. The average Bonchev–Trinajstić information content (AvgIpc) is 3.39. The molecule has 0 aromatic heterocycles. The van der Waals surface area contributed by atoms with Gasteiger partial charge in [-0.2, -0.15) is 5.26 Å². The fraction of sp³-hybridized carbons (Fsp3) is 0.222. The Morgan fingerprint density at radius 2 is 1.62 bits per heavy atom. The predicted molar refractivity (Wildman–Crippen MR) is 126 cm³/mol. The molecule has 0 radical (unpaired) electrons. The molecule has 2 aliphatic rings. The van der Waals surface area contributed by atoms with Crippen LogP contribution in [0.3, 0.4) is 0 Å². The number of benzene rings is 3. The largest absolute Gasteiger partial charge is 0.494 e. The minimum Gasteiger partial charge on any atom is -0.494 e. The first kappa shape index (κ1) is 21.7. The van der Waals surface area contributed by atoms with Crippen molar-refractivity contribution in [3.63, 3.8) is 0 Å². The first-order valence-corrected chi connectivity index (χ1v) is 11.2. The smallest absolute Gasteiger partial charge is 0.266 e. The first-order valence-electron chi connectivity index (χ1n) is 11.2. The molecule has 2 heterocycles. The van der Waals surface area contributed by atoms with E-state index >= 15 is 0 Å². The second-order valence-electron chi connectivity index (χ2n) is 8.25. The number of amides is 2. The molecule has 3 aromatic carbocycles. The fourth-order valence-electron chi connectivity index (χ4n) is 4.47. The molecule has 2 saturated heterocycles. The summed E-state index contributed by atoms with van der Waals surface area (Å²) in [5.74, 6) is -0.747. The van der Waals surface area contributed by atoms with Gasteiger partial charge in [-0.15, -0.1) is 0 Å². The van der Waals surface area contributed by atoms with Crippen molar-refractivity contribution in [2.75, 3.05) is 16.6 Å². The van der Waals surface area contributed by atoms with Crippen LogP contribution in [-0.4, -0.2) is 24.5 Å². The van der Waals surface area contributed by atoms with E-state index in [1.165, 1.54) is 4.90 Å². The fourth-order valence-corrected chi connectivity index (χ4v) is 4.47. The highest BCUT2D eigenvalue weighted by Gasteiger charge is 2.60. The van der Waals surface area contributed by atoms with Gasteiger partial charge in [-0.3, -0.25) is 14.4 Å². The standard InChI is InChI=1S/C27H23N3O4/c1-2-16-33-22-14-12-20(13-15-22)29-26(31)23-24(19-10-8-18(17-28)9-11-19)30(34-25(23)27(29)32)21-6-4-3-5-7-21/h3-15,23-25H,2,16H2,1H3/t23-,24-,25-/m0/s1. The summed E-state index contributed by atoms with van der Waals surface area (Å²) in [7, 11) is 0. The lowest BCUT2D eigenvalue weighted by Crippen LogP contribution is -2.37. The van der Waals surface area contributed by atoms with E-state index in [1.54, 1.807) is 41.5 Å². The zero-order chi connectivity index (χ0) is 23.7. The van der Waals surface area contributed by atoms with E-state index in [0.717, 1.165) is 17.7 Å².